The number of ether oxygens (including phenoxy) is 1. The Morgan fingerprint density at radius 2 is 1.62 bits per heavy atom. The summed E-state index contributed by atoms with van der Waals surface area (Å²) < 4.78 is 5.74. The zero-order chi connectivity index (χ0) is 18.4. The Balaban J connectivity index is 1.71. The Morgan fingerprint density at radius 1 is 0.885 bits per heavy atom. The summed E-state index contributed by atoms with van der Waals surface area (Å²) in [6.45, 7) is 0.413. The Kier molecular flexibility index (Phi) is 5.29. The first-order chi connectivity index (χ1) is 12.6. The van der Waals surface area contributed by atoms with Gasteiger partial charge in [0.15, 0.2) is 0 Å². The van der Waals surface area contributed by atoms with Crippen LogP contribution in [0.15, 0.2) is 78.9 Å². The zero-order valence-corrected chi connectivity index (χ0v) is 14.0. The number of hydrogen-bond donors (Lipinski definition) is 2. The molecule has 0 saturated heterocycles. The van der Waals surface area contributed by atoms with Crippen molar-refractivity contribution in [1.82, 2.24) is 0 Å². The van der Waals surface area contributed by atoms with Crippen molar-refractivity contribution in [2.75, 3.05) is 5.32 Å². The fraction of sp³-hybridized carbons (Fsp3) is 0.0476. The number of hydrogen-bond acceptors (Lipinski definition) is 3. The molecule has 0 unspecified atom stereocenters. The molecule has 3 N–H and O–H groups in total. The number of nitrogens with two attached hydrogens (primary N) is 1. The summed E-state index contributed by atoms with van der Waals surface area (Å²) in [7, 11) is 0. The van der Waals surface area contributed by atoms with Gasteiger partial charge in [0, 0.05) is 5.56 Å². The summed E-state index contributed by atoms with van der Waals surface area (Å²) in [5, 5.41) is 2.71. The van der Waals surface area contributed by atoms with E-state index in [2.05, 4.69) is 5.32 Å². The van der Waals surface area contributed by atoms with E-state index in [0.29, 0.717) is 23.6 Å². The van der Waals surface area contributed by atoms with Crippen LogP contribution >= 0.6 is 0 Å². The number of primary amides is 1. The lowest BCUT2D eigenvalue weighted by atomic mass is 10.1. The number of carbonyl (C=O) groups excluding carboxylic acids is 2. The maximum atomic E-state index is 12.5. The molecule has 130 valence electrons. The SMILES string of the molecule is NC(=O)c1ccccc1NC(=O)c1cccc(OCc2ccccc2)c1. The van der Waals surface area contributed by atoms with Crippen molar-refractivity contribution in [3.63, 3.8) is 0 Å². The van der Waals surface area contributed by atoms with Gasteiger partial charge in [-0.05, 0) is 35.9 Å². The van der Waals surface area contributed by atoms with Gasteiger partial charge in [-0.3, -0.25) is 9.59 Å². The number of para-hydroxylation sites is 1. The van der Waals surface area contributed by atoms with Gasteiger partial charge in [0.05, 0.1) is 11.3 Å². The summed E-state index contributed by atoms with van der Waals surface area (Å²) in [4.78, 5) is 24.0. The molecule has 3 rings (SSSR count). The molecule has 0 aliphatic rings. The summed E-state index contributed by atoms with van der Waals surface area (Å²) >= 11 is 0. The fourth-order valence-electron chi connectivity index (χ4n) is 2.47. The van der Waals surface area contributed by atoms with Crippen molar-refractivity contribution in [3.05, 3.63) is 95.6 Å². The van der Waals surface area contributed by atoms with E-state index in [1.54, 1.807) is 48.5 Å². The molecule has 0 spiro atoms. The minimum atomic E-state index is -0.596. The van der Waals surface area contributed by atoms with E-state index in [9.17, 15) is 9.59 Å². The molecule has 3 aromatic carbocycles. The maximum Gasteiger partial charge on any atom is 0.255 e. The normalized spacial score (nSPS) is 10.2. The number of anilines is 1. The van der Waals surface area contributed by atoms with Crippen LogP contribution in [-0.4, -0.2) is 11.8 Å². The Labute approximate surface area is 151 Å². The van der Waals surface area contributed by atoms with E-state index in [-0.39, 0.29) is 11.5 Å². The third-order valence-corrected chi connectivity index (χ3v) is 3.79. The van der Waals surface area contributed by atoms with E-state index in [0.717, 1.165) is 5.56 Å². The van der Waals surface area contributed by atoms with Crippen molar-refractivity contribution in [2.45, 2.75) is 6.61 Å². The Hall–Kier alpha value is -3.60. The number of rotatable bonds is 6. The van der Waals surface area contributed by atoms with Crippen molar-refractivity contribution < 1.29 is 14.3 Å². The van der Waals surface area contributed by atoms with Crippen LogP contribution in [0.25, 0.3) is 0 Å². The molecule has 0 aromatic heterocycles. The molecule has 5 heteroatoms. The molecular formula is C21H18N2O3. The number of benzene rings is 3. The van der Waals surface area contributed by atoms with Gasteiger partial charge in [0.1, 0.15) is 12.4 Å². The highest BCUT2D eigenvalue weighted by Crippen LogP contribution is 2.19. The van der Waals surface area contributed by atoms with E-state index >= 15 is 0 Å². The van der Waals surface area contributed by atoms with Crippen LogP contribution < -0.4 is 15.8 Å². The van der Waals surface area contributed by atoms with Gasteiger partial charge in [0.25, 0.3) is 11.8 Å². The Morgan fingerprint density at radius 3 is 2.38 bits per heavy atom. The van der Waals surface area contributed by atoms with E-state index in [4.69, 9.17) is 10.5 Å². The molecule has 0 bridgehead atoms. The maximum absolute atomic E-state index is 12.5. The average Bonchev–Trinajstić information content (AvgIpc) is 2.67. The monoisotopic (exact) mass is 346 g/mol. The van der Waals surface area contributed by atoms with Gasteiger partial charge in [-0.25, -0.2) is 0 Å². The summed E-state index contributed by atoms with van der Waals surface area (Å²) in [5.74, 6) is -0.352. The van der Waals surface area contributed by atoms with Crippen molar-refractivity contribution >= 4 is 17.5 Å². The van der Waals surface area contributed by atoms with Crippen LogP contribution in [0, 0.1) is 0 Å². The molecule has 26 heavy (non-hydrogen) atoms. The molecule has 0 atom stereocenters. The van der Waals surface area contributed by atoms with Crippen molar-refractivity contribution in [3.8, 4) is 5.75 Å². The van der Waals surface area contributed by atoms with Crippen LogP contribution in [0.5, 0.6) is 5.75 Å². The quantitative estimate of drug-likeness (QED) is 0.715. The van der Waals surface area contributed by atoms with Crippen LogP contribution in [0.4, 0.5) is 5.69 Å². The first kappa shape index (κ1) is 17.2. The summed E-state index contributed by atoms with van der Waals surface area (Å²) in [5.41, 5.74) is 7.44. The summed E-state index contributed by atoms with van der Waals surface area (Å²) in [6.07, 6.45) is 0. The van der Waals surface area contributed by atoms with Crippen molar-refractivity contribution in [1.29, 1.82) is 0 Å². The molecule has 0 aliphatic carbocycles. The molecule has 0 heterocycles. The van der Waals surface area contributed by atoms with Crippen LogP contribution in [0.3, 0.4) is 0 Å². The van der Waals surface area contributed by atoms with Gasteiger partial charge in [-0.15, -0.1) is 0 Å². The van der Waals surface area contributed by atoms with E-state index in [1.165, 1.54) is 0 Å². The second-order valence-corrected chi connectivity index (χ2v) is 5.67. The highest BCUT2D eigenvalue weighted by atomic mass is 16.5. The van der Waals surface area contributed by atoms with Crippen molar-refractivity contribution in [2.24, 2.45) is 5.73 Å². The van der Waals surface area contributed by atoms with Crippen LogP contribution in [0.1, 0.15) is 26.3 Å². The molecule has 5 nitrogen and oxygen atoms in total. The topological polar surface area (TPSA) is 81.4 Å². The predicted molar refractivity (Wildman–Crippen MR) is 100 cm³/mol. The lowest BCUT2D eigenvalue weighted by molar-refractivity contribution is 0.100. The Bertz CT molecular complexity index is 923. The van der Waals surface area contributed by atoms with Gasteiger partial charge in [0.2, 0.25) is 0 Å². The average molecular weight is 346 g/mol. The highest BCUT2D eigenvalue weighted by Gasteiger charge is 2.12. The molecule has 2 amide bonds. The van der Waals surface area contributed by atoms with Gasteiger partial charge in [-0.2, -0.15) is 0 Å². The van der Waals surface area contributed by atoms with Gasteiger partial charge < -0.3 is 15.8 Å². The van der Waals surface area contributed by atoms with Gasteiger partial charge in [-0.1, -0.05) is 48.5 Å². The zero-order valence-electron chi connectivity index (χ0n) is 14.0. The van der Waals surface area contributed by atoms with E-state index < -0.39 is 5.91 Å². The highest BCUT2D eigenvalue weighted by molar-refractivity contribution is 6.08. The first-order valence-corrected chi connectivity index (χ1v) is 8.10. The second kappa shape index (κ2) is 7.98. The predicted octanol–water partition coefficient (Wildman–Crippen LogP) is 3.62. The first-order valence-electron chi connectivity index (χ1n) is 8.10. The van der Waals surface area contributed by atoms with Crippen LogP contribution in [-0.2, 0) is 6.61 Å². The third kappa shape index (κ3) is 4.27. The smallest absolute Gasteiger partial charge is 0.255 e. The molecule has 0 aliphatic heterocycles. The standard InChI is InChI=1S/C21H18N2O3/c22-20(24)18-11-4-5-12-19(18)23-21(25)16-9-6-10-17(13-16)26-14-15-7-2-1-3-8-15/h1-13H,14H2,(H2,22,24)(H,23,25). The summed E-state index contributed by atoms with van der Waals surface area (Å²) in [6, 6.07) is 23.2. The lowest BCUT2D eigenvalue weighted by Crippen LogP contribution is -2.18. The second-order valence-electron chi connectivity index (χ2n) is 5.67. The molecular weight excluding hydrogens is 328 g/mol. The molecule has 0 saturated carbocycles. The molecule has 3 aromatic rings. The minimum Gasteiger partial charge on any atom is -0.489 e. The number of amides is 2. The minimum absolute atomic E-state index is 0.261. The molecule has 0 fully saturated rings. The molecule has 0 radical (unpaired) electrons. The fourth-order valence-corrected chi connectivity index (χ4v) is 2.47. The lowest BCUT2D eigenvalue weighted by Gasteiger charge is -2.10. The third-order valence-electron chi connectivity index (χ3n) is 3.79. The van der Waals surface area contributed by atoms with E-state index in [1.807, 2.05) is 30.3 Å². The number of carbonyl (C=O) groups is 2. The largest absolute Gasteiger partial charge is 0.489 e. The van der Waals surface area contributed by atoms with Crippen LogP contribution in [0.2, 0.25) is 0 Å². The number of nitrogens with one attached hydrogen (secondary N) is 1. The van der Waals surface area contributed by atoms with Gasteiger partial charge >= 0.3 is 0 Å².